The number of methoxy groups -OCH3 is 2. The van der Waals surface area contributed by atoms with E-state index in [1.54, 1.807) is 0 Å². The van der Waals surface area contributed by atoms with E-state index in [9.17, 15) is 19.2 Å². The van der Waals surface area contributed by atoms with Gasteiger partial charge in [-0.15, -0.1) is 0 Å². The fourth-order valence-corrected chi connectivity index (χ4v) is 2.45. The number of aliphatic carboxylic acids is 1. The second kappa shape index (κ2) is 8.41. The summed E-state index contributed by atoms with van der Waals surface area (Å²) in [5.74, 6) is -2.49. The second-order valence-electron chi connectivity index (χ2n) is 5.17. The molecular formula is C16H15ClN2O8. The molecule has 11 heteroatoms. The van der Waals surface area contributed by atoms with Gasteiger partial charge in [0.2, 0.25) is 0 Å². The van der Waals surface area contributed by atoms with Crippen molar-refractivity contribution in [2.24, 2.45) is 0 Å². The molecule has 0 spiro atoms. The molecule has 144 valence electrons. The largest absolute Gasteiger partial charge is 0.493 e. The van der Waals surface area contributed by atoms with Gasteiger partial charge in [-0.05, 0) is 23.8 Å². The summed E-state index contributed by atoms with van der Waals surface area (Å²) in [7, 11) is 2.47. The lowest BCUT2D eigenvalue weighted by Gasteiger charge is -2.12. The van der Waals surface area contributed by atoms with Crippen molar-refractivity contribution >= 4 is 41.6 Å². The molecule has 1 aromatic rings. The van der Waals surface area contributed by atoms with Crippen LogP contribution in [0.2, 0.25) is 5.02 Å². The van der Waals surface area contributed by atoms with Crippen molar-refractivity contribution in [3.63, 3.8) is 0 Å². The molecule has 1 aliphatic heterocycles. The molecule has 0 aromatic heterocycles. The lowest BCUT2D eigenvalue weighted by Crippen LogP contribution is -2.36. The van der Waals surface area contributed by atoms with Crippen LogP contribution >= 0.6 is 11.6 Å². The number of ether oxygens (including phenoxy) is 3. The van der Waals surface area contributed by atoms with Crippen molar-refractivity contribution in [3.05, 3.63) is 28.4 Å². The van der Waals surface area contributed by atoms with E-state index in [0.29, 0.717) is 10.5 Å². The number of benzene rings is 1. The molecule has 0 atom stereocenters. The van der Waals surface area contributed by atoms with Crippen molar-refractivity contribution in [1.29, 1.82) is 0 Å². The minimum Gasteiger partial charge on any atom is -0.493 e. The normalized spacial score (nSPS) is 14.9. The fourth-order valence-electron chi connectivity index (χ4n) is 2.17. The number of rotatable bonds is 7. The van der Waals surface area contributed by atoms with E-state index < -0.39 is 37.0 Å². The minimum atomic E-state index is -1.19. The molecule has 0 saturated carbocycles. The Bertz CT molecular complexity index is 836. The van der Waals surface area contributed by atoms with Gasteiger partial charge in [0.25, 0.3) is 5.91 Å². The molecule has 1 aromatic carbocycles. The molecule has 0 radical (unpaired) electrons. The van der Waals surface area contributed by atoms with Crippen LogP contribution < -0.4 is 14.8 Å². The molecule has 1 fully saturated rings. The predicted molar refractivity (Wildman–Crippen MR) is 91.4 cm³/mol. The van der Waals surface area contributed by atoms with Crippen LogP contribution in [0.5, 0.6) is 11.5 Å². The Balaban J connectivity index is 2.29. The van der Waals surface area contributed by atoms with Gasteiger partial charge < -0.3 is 24.6 Å². The first-order valence-electron chi connectivity index (χ1n) is 7.40. The highest BCUT2D eigenvalue weighted by Crippen LogP contribution is 2.37. The quantitative estimate of drug-likeness (QED) is 0.393. The zero-order valence-corrected chi connectivity index (χ0v) is 15.0. The number of esters is 1. The summed E-state index contributed by atoms with van der Waals surface area (Å²) in [6.45, 7) is -1.14. The molecule has 1 heterocycles. The highest BCUT2D eigenvalue weighted by atomic mass is 35.5. The molecule has 3 amide bonds. The summed E-state index contributed by atoms with van der Waals surface area (Å²) < 4.78 is 14.6. The first kappa shape index (κ1) is 20.0. The maximum Gasteiger partial charge on any atom is 0.341 e. The number of carboxylic acids is 1. The first-order valence-corrected chi connectivity index (χ1v) is 7.78. The van der Waals surface area contributed by atoms with E-state index in [-0.39, 0.29) is 22.2 Å². The van der Waals surface area contributed by atoms with E-state index >= 15 is 0 Å². The molecule has 0 unspecified atom stereocenters. The molecular weight excluding hydrogens is 384 g/mol. The number of hydrogen-bond acceptors (Lipinski definition) is 7. The van der Waals surface area contributed by atoms with Gasteiger partial charge in [-0.1, -0.05) is 11.6 Å². The number of carbonyl (C=O) groups excluding carboxylic acids is 3. The average molecular weight is 399 g/mol. The van der Waals surface area contributed by atoms with E-state index in [1.807, 2.05) is 0 Å². The Labute approximate surface area is 158 Å². The molecule has 10 nitrogen and oxygen atoms in total. The Hall–Kier alpha value is -3.27. The van der Waals surface area contributed by atoms with Crippen LogP contribution in [0.4, 0.5) is 4.79 Å². The number of nitrogens with zero attached hydrogens (tertiary/aromatic N) is 1. The van der Waals surface area contributed by atoms with E-state index in [4.69, 9.17) is 26.2 Å². The molecule has 27 heavy (non-hydrogen) atoms. The van der Waals surface area contributed by atoms with Gasteiger partial charge in [0.1, 0.15) is 12.2 Å². The number of urea groups is 1. The summed E-state index contributed by atoms with van der Waals surface area (Å²) in [5.41, 5.74) is 0.296. The van der Waals surface area contributed by atoms with Crippen LogP contribution in [0.25, 0.3) is 6.08 Å². The number of carboxylic acid groups (broad SMARTS) is 1. The van der Waals surface area contributed by atoms with Gasteiger partial charge in [0, 0.05) is 0 Å². The summed E-state index contributed by atoms with van der Waals surface area (Å²) in [6, 6.07) is 2.07. The standard InChI is InChI=1S/C16H15ClN2O8/c1-25-11-5-8(3-9(17)14(11)27-7-12(20)21)4-10-15(23)19(16(24)18-10)6-13(22)26-2/h3-5H,6-7H2,1-2H3,(H,18,24)(H,20,21)/b10-4+. The number of imide groups is 1. The Morgan fingerprint density at radius 2 is 2.00 bits per heavy atom. The zero-order chi connectivity index (χ0) is 20.1. The van der Waals surface area contributed by atoms with Gasteiger partial charge in [-0.2, -0.15) is 0 Å². The van der Waals surface area contributed by atoms with Gasteiger partial charge in [-0.3, -0.25) is 9.59 Å². The lowest BCUT2D eigenvalue weighted by molar-refractivity contribution is -0.143. The molecule has 1 aliphatic rings. The van der Waals surface area contributed by atoms with E-state index in [1.165, 1.54) is 25.3 Å². The third-order valence-corrected chi connectivity index (χ3v) is 3.66. The number of hydrogen-bond donors (Lipinski definition) is 2. The maximum atomic E-state index is 12.3. The number of halogens is 1. The van der Waals surface area contributed by atoms with E-state index in [0.717, 1.165) is 7.11 Å². The van der Waals surface area contributed by atoms with Crippen LogP contribution in [-0.4, -0.2) is 61.3 Å². The van der Waals surface area contributed by atoms with Crippen LogP contribution in [0.1, 0.15) is 5.56 Å². The molecule has 0 bridgehead atoms. The highest BCUT2D eigenvalue weighted by Gasteiger charge is 2.35. The average Bonchev–Trinajstić information content (AvgIpc) is 2.87. The summed E-state index contributed by atoms with van der Waals surface area (Å²) in [5, 5.41) is 11.1. The van der Waals surface area contributed by atoms with Crippen molar-refractivity contribution in [2.45, 2.75) is 0 Å². The lowest BCUT2D eigenvalue weighted by atomic mass is 10.1. The molecule has 0 aliphatic carbocycles. The number of carbonyl (C=O) groups is 4. The van der Waals surface area contributed by atoms with Crippen LogP contribution in [0, 0.1) is 0 Å². The molecule has 2 rings (SSSR count). The first-order chi connectivity index (χ1) is 12.8. The Morgan fingerprint density at radius 3 is 2.59 bits per heavy atom. The van der Waals surface area contributed by atoms with Crippen LogP contribution in [0.15, 0.2) is 17.8 Å². The Kier molecular flexibility index (Phi) is 6.24. The maximum absolute atomic E-state index is 12.3. The SMILES string of the molecule is COC(=O)CN1C(=O)N/C(=C/c2cc(Cl)c(OCC(=O)O)c(OC)c2)C1=O. The molecule has 2 N–H and O–H groups in total. The summed E-state index contributed by atoms with van der Waals surface area (Å²) >= 11 is 6.09. The van der Waals surface area contributed by atoms with Crippen molar-refractivity contribution in [2.75, 3.05) is 27.4 Å². The second-order valence-corrected chi connectivity index (χ2v) is 5.58. The zero-order valence-electron chi connectivity index (χ0n) is 14.3. The van der Waals surface area contributed by atoms with Crippen molar-refractivity contribution in [3.8, 4) is 11.5 Å². The summed E-state index contributed by atoms with van der Waals surface area (Å²) in [4.78, 5) is 46.7. The summed E-state index contributed by atoms with van der Waals surface area (Å²) in [6.07, 6.45) is 1.33. The van der Waals surface area contributed by atoms with Crippen molar-refractivity contribution in [1.82, 2.24) is 10.2 Å². The van der Waals surface area contributed by atoms with Crippen LogP contribution in [0.3, 0.4) is 0 Å². The smallest absolute Gasteiger partial charge is 0.341 e. The number of nitrogens with one attached hydrogen (secondary N) is 1. The van der Waals surface area contributed by atoms with Crippen LogP contribution in [-0.2, 0) is 19.1 Å². The fraction of sp³-hybridized carbons (Fsp3) is 0.250. The number of amides is 3. The predicted octanol–water partition coefficient (Wildman–Crippen LogP) is 0.878. The third-order valence-electron chi connectivity index (χ3n) is 3.38. The minimum absolute atomic E-state index is 0.0258. The van der Waals surface area contributed by atoms with Gasteiger partial charge in [0.15, 0.2) is 18.1 Å². The van der Waals surface area contributed by atoms with Gasteiger partial charge in [0.05, 0.1) is 19.2 Å². The third kappa shape index (κ3) is 4.67. The topological polar surface area (TPSA) is 131 Å². The van der Waals surface area contributed by atoms with Gasteiger partial charge in [-0.25, -0.2) is 14.5 Å². The monoisotopic (exact) mass is 398 g/mol. The Morgan fingerprint density at radius 1 is 1.30 bits per heavy atom. The van der Waals surface area contributed by atoms with Gasteiger partial charge >= 0.3 is 18.0 Å². The van der Waals surface area contributed by atoms with E-state index in [2.05, 4.69) is 10.1 Å². The molecule has 1 saturated heterocycles. The van der Waals surface area contributed by atoms with Crippen molar-refractivity contribution < 1.29 is 38.5 Å². The highest BCUT2D eigenvalue weighted by molar-refractivity contribution is 6.32.